The number of halogens is 3. The molecule has 18 nitrogen and oxygen atoms in total. The number of rotatable bonds is 17. The maximum atomic E-state index is 15.5. The van der Waals surface area contributed by atoms with Crippen molar-refractivity contribution in [1.82, 2.24) is 25.8 Å². The number of carbonyl (C=O) groups excluding carboxylic acids is 8. The molecule has 4 heterocycles. The molecule has 1 aromatic heterocycles. The van der Waals surface area contributed by atoms with Gasteiger partial charge in [-0.15, -0.1) is 11.3 Å². The minimum atomic E-state index is -5.74. The second-order valence-electron chi connectivity index (χ2n) is 21.0. The first-order chi connectivity index (χ1) is 36.2. The minimum absolute atomic E-state index is 0.0207. The highest BCUT2D eigenvalue weighted by Crippen LogP contribution is 2.63. The van der Waals surface area contributed by atoms with Crippen LogP contribution in [0.4, 0.5) is 14.5 Å². The average molecular weight is 1170 g/mol. The van der Waals surface area contributed by atoms with Crippen LogP contribution in [0.1, 0.15) is 123 Å². The van der Waals surface area contributed by atoms with Crippen LogP contribution < -0.4 is 20.9 Å². The van der Waals surface area contributed by atoms with Crippen molar-refractivity contribution in [2.45, 2.75) is 117 Å². The van der Waals surface area contributed by atoms with E-state index in [1.54, 1.807) is 63.2 Å². The number of carbonyl (C=O) groups is 8. The lowest BCUT2D eigenvalue weighted by molar-refractivity contribution is -0.160. The van der Waals surface area contributed by atoms with Crippen molar-refractivity contribution in [3.63, 3.8) is 0 Å². The van der Waals surface area contributed by atoms with Crippen LogP contribution in [0.25, 0.3) is 10.1 Å². The number of thiophene rings is 1. The van der Waals surface area contributed by atoms with Crippen molar-refractivity contribution >= 4 is 98.0 Å². The third-order valence-corrected chi connectivity index (χ3v) is 16.3. The predicted molar refractivity (Wildman–Crippen MR) is 285 cm³/mol. The number of amides is 7. The van der Waals surface area contributed by atoms with Gasteiger partial charge in [-0.2, -0.15) is 8.78 Å². The number of fused-ring (bicyclic) bond motifs is 2. The van der Waals surface area contributed by atoms with Crippen molar-refractivity contribution in [2.24, 2.45) is 10.8 Å². The Morgan fingerprint density at radius 1 is 1.00 bits per heavy atom. The quantitative estimate of drug-likeness (QED) is 0.0199. The lowest BCUT2D eigenvalue weighted by Crippen LogP contribution is -2.58. The Kier molecular flexibility index (Phi) is 18.0. The summed E-state index contributed by atoms with van der Waals surface area (Å²) in [5.74, 6) is 2.29. The molecule has 7 amide bonds. The van der Waals surface area contributed by atoms with Crippen molar-refractivity contribution < 1.29 is 65.9 Å². The number of unbranched alkanes of at least 4 members (excludes halogenated alkanes) is 1. The lowest BCUT2D eigenvalue weighted by Gasteiger charge is -2.36. The van der Waals surface area contributed by atoms with Gasteiger partial charge in [0, 0.05) is 77.0 Å². The molecule has 410 valence electrons. The van der Waals surface area contributed by atoms with Crippen LogP contribution in [0.3, 0.4) is 0 Å². The SMILES string of the molecule is CC(C)(C)C(=O)OCOP(=O)(O)C(F)(F)c1ccc2sc(C(=O)NC(C(=O)N3CCC[C@H]3C(=O)N(CCC(=O)NCCCC#Cc3cccc4c3CN(C3CCC(=O)NC3=O)C4=O)c3ccc(Br)cc3)C(C)(C)C)cc2c1. The van der Waals surface area contributed by atoms with Gasteiger partial charge in [-0.1, -0.05) is 60.7 Å². The van der Waals surface area contributed by atoms with E-state index in [0.29, 0.717) is 59.3 Å². The fraction of sp³-hybridized carbons (Fsp3) is 0.444. The molecule has 23 heteroatoms. The number of benzene rings is 3. The van der Waals surface area contributed by atoms with E-state index >= 15 is 8.78 Å². The molecule has 2 saturated heterocycles. The summed E-state index contributed by atoms with van der Waals surface area (Å²) < 4.78 is 54.1. The number of imide groups is 1. The van der Waals surface area contributed by atoms with Crippen molar-refractivity contribution in [3.05, 3.63) is 98.3 Å². The number of esters is 1. The van der Waals surface area contributed by atoms with E-state index in [4.69, 9.17) is 4.74 Å². The molecule has 0 aliphatic carbocycles. The Labute approximate surface area is 456 Å². The Bertz CT molecular complexity index is 3110. The highest BCUT2D eigenvalue weighted by atomic mass is 79.9. The largest absolute Gasteiger partial charge is 0.438 e. The number of alkyl halides is 2. The number of anilines is 1. The Morgan fingerprint density at radius 3 is 2.42 bits per heavy atom. The molecule has 7 rings (SSSR count). The second-order valence-corrected chi connectivity index (χ2v) is 24.9. The Morgan fingerprint density at radius 2 is 1.73 bits per heavy atom. The molecular formula is C54H60BrF2N6O12PS. The van der Waals surface area contributed by atoms with Gasteiger partial charge in [-0.25, -0.2) is 0 Å². The predicted octanol–water partition coefficient (Wildman–Crippen LogP) is 7.73. The average Bonchev–Trinajstić information content (AvgIpc) is 4.15. The summed E-state index contributed by atoms with van der Waals surface area (Å²) in [5, 5.41) is 8.15. The monoisotopic (exact) mass is 1160 g/mol. The van der Waals surface area contributed by atoms with Gasteiger partial charge in [-0.3, -0.25) is 52.8 Å². The van der Waals surface area contributed by atoms with Gasteiger partial charge in [0.2, 0.25) is 36.3 Å². The fourth-order valence-corrected chi connectivity index (χ4v) is 11.0. The molecule has 4 atom stereocenters. The fourth-order valence-electron chi connectivity index (χ4n) is 8.99. The molecule has 77 heavy (non-hydrogen) atoms. The van der Waals surface area contributed by atoms with Crippen LogP contribution in [0.5, 0.6) is 0 Å². The zero-order chi connectivity index (χ0) is 56.2. The number of hydrogen-bond acceptors (Lipinski definition) is 12. The first kappa shape index (κ1) is 58.3. The first-order valence-corrected chi connectivity index (χ1v) is 28.1. The van der Waals surface area contributed by atoms with Crippen LogP contribution in [-0.2, 0) is 54.8 Å². The summed E-state index contributed by atoms with van der Waals surface area (Å²) in [6.07, 6.45) is 2.04. The zero-order valence-corrected chi connectivity index (χ0v) is 46.6. The van der Waals surface area contributed by atoms with Gasteiger partial charge in [0.1, 0.15) is 18.1 Å². The summed E-state index contributed by atoms with van der Waals surface area (Å²) in [5.41, 5.74) is -4.91. The van der Waals surface area contributed by atoms with Crippen molar-refractivity contribution in [1.29, 1.82) is 0 Å². The molecule has 0 saturated carbocycles. The molecule has 0 spiro atoms. The molecule has 0 radical (unpaired) electrons. The molecule has 2 fully saturated rings. The third-order valence-electron chi connectivity index (χ3n) is 13.3. The second kappa shape index (κ2) is 23.7. The van der Waals surface area contributed by atoms with Gasteiger partial charge in [0.15, 0.2) is 0 Å². The topological polar surface area (TPSA) is 238 Å². The summed E-state index contributed by atoms with van der Waals surface area (Å²) in [4.78, 5) is 121. The number of nitrogens with one attached hydrogen (secondary N) is 3. The van der Waals surface area contributed by atoms with Crippen molar-refractivity contribution in [3.8, 4) is 11.8 Å². The third kappa shape index (κ3) is 13.5. The number of likely N-dealkylation sites (tertiary alicyclic amines) is 1. The van der Waals surface area contributed by atoms with E-state index in [1.165, 1.54) is 47.6 Å². The van der Waals surface area contributed by atoms with Gasteiger partial charge in [0.25, 0.3) is 11.8 Å². The zero-order valence-electron chi connectivity index (χ0n) is 43.3. The molecule has 3 aliphatic rings. The van der Waals surface area contributed by atoms with E-state index in [2.05, 4.69) is 48.2 Å². The normalized spacial score (nSPS) is 17.9. The van der Waals surface area contributed by atoms with E-state index in [1.807, 2.05) is 0 Å². The van der Waals surface area contributed by atoms with Crippen LogP contribution in [-0.4, -0.2) is 107 Å². The number of nitrogens with zero attached hydrogens (tertiary/aromatic N) is 3. The highest BCUT2D eigenvalue weighted by Gasteiger charge is 2.53. The summed E-state index contributed by atoms with van der Waals surface area (Å²) >= 11 is 4.38. The van der Waals surface area contributed by atoms with Crippen LogP contribution in [0.2, 0.25) is 0 Å². The number of hydrogen-bond donors (Lipinski definition) is 4. The van der Waals surface area contributed by atoms with Crippen LogP contribution in [0.15, 0.2) is 71.2 Å². The van der Waals surface area contributed by atoms with E-state index < -0.39 is 84.2 Å². The molecule has 3 aromatic carbocycles. The minimum Gasteiger partial charge on any atom is -0.438 e. The Balaban J connectivity index is 0.962. The molecule has 3 aliphatic heterocycles. The number of piperidine rings is 1. The molecule has 3 unspecified atom stereocenters. The molecule has 4 aromatic rings. The Hall–Kier alpha value is -6.37. The maximum absolute atomic E-state index is 15.5. The molecular weight excluding hydrogens is 1110 g/mol. The van der Waals surface area contributed by atoms with E-state index in [9.17, 15) is 47.8 Å². The van der Waals surface area contributed by atoms with Gasteiger partial charge < -0.3 is 35.0 Å². The standard InChI is InChI=1S/C54H60BrF2N6O12PS/c1-52(2,3)45(60-47(67)42-29-33-28-34(16-22-41(33)77-42)54(56,57)76(72,73)75-31-74-51(71)53(4,5)6)50(70)62-26-11-15-40(62)49(69)61(36-19-17-35(55)18-20-36)27-24-43(64)58-25-9-7-8-12-32-13-10-14-37-38(32)30-63(48(37)68)39-21-23-44(65)59-46(39)66/h10,13-14,16-20,22,28-29,39-40,45H,7,9,11,15,21,23-27,30-31H2,1-6H3,(H,58,64)(H,60,67)(H,72,73)(H,59,65,66)/t39?,40-,45?/m0/s1. The molecule has 4 N–H and O–H groups in total. The van der Waals surface area contributed by atoms with Gasteiger partial charge >= 0.3 is 19.2 Å². The maximum Gasteiger partial charge on any atom is 0.404 e. The van der Waals surface area contributed by atoms with E-state index in [-0.39, 0.29) is 66.9 Å². The summed E-state index contributed by atoms with van der Waals surface area (Å²) in [6.45, 7) is 9.25. The van der Waals surface area contributed by atoms with Crippen molar-refractivity contribution in [2.75, 3.05) is 31.3 Å². The van der Waals surface area contributed by atoms with E-state index in [0.717, 1.165) is 27.9 Å². The number of ether oxygens (including phenoxy) is 1. The van der Waals surface area contributed by atoms with Gasteiger partial charge in [-0.05, 0) is 117 Å². The first-order valence-electron chi connectivity index (χ1n) is 24.9. The summed E-state index contributed by atoms with van der Waals surface area (Å²) in [7, 11) is -5.74. The highest BCUT2D eigenvalue weighted by molar-refractivity contribution is 9.10. The lowest BCUT2D eigenvalue weighted by atomic mass is 9.85. The smallest absolute Gasteiger partial charge is 0.404 e. The summed E-state index contributed by atoms with van der Waals surface area (Å²) in [6, 6.07) is 13.8. The van der Waals surface area contributed by atoms with Gasteiger partial charge in [0.05, 0.1) is 10.3 Å². The molecule has 0 bridgehead atoms. The van der Waals surface area contributed by atoms with Crippen LogP contribution in [0, 0.1) is 22.7 Å². The van der Waals surface area contributed by atoms with Crippen LogP contribution >= 0.6 is 34.9 Å².